The Labute approximate surface area is 189 Å². The molecule has 1 N–H and O–H groups in total. The highest BCUT2D eigenvalue weighted by atomic mass is 35.5. The van der Waals surface area contributed by atoms with Crippen LogP contribution in [0.15, 0.2) is 47.4 Å². The zero-order chi connectivity index (χ0) is 21.3. The van der Waals surface area contributed by atoms with Gasteiger partial charge in [-0.25, -0.2) is 9.37 Å². The van der Waals surface area contributed by atoms with E-state index in [0.717, 1.165) is 5.56 Å². The number of nitrogens with one attached hydrogen (secondary N) is 1. The van der Waals surface area contributed by atoms with Crippen molar-refractivity contribution in [3.8, 4) is 0 Å². The number of nitrogens with zero attached hydrogens (tertiary/aromatic N) is 2. The fourth-order valence-electron chi connectivity index (χ4n) is 2.75. The molecule has 1 aliphatic rings. The lowest BCUT2D eigenvalue weighted by Crippen LogP contribution is -2.31. The first-order valence-corrected chi connectivity index (χ1v) is 11.2. The average Bonchev–Trinajstić information content (AvgIpc) is 3.21. The topological polar surface area (TPSA) is 62.3 Å². The van der Waals surface area contributed by atoms with Gasteiger partial charge in [-0.1, -0.05) is 59.1 Å². The molecule has 0 saturated carbocycles. The number of thiocarbonyl (C=S) groups is 1. The molecule has 152 valence electrons. The molecule has 2 amide bonds. The number of carbonyl (C=O) groups excluding carboxylic acids is 2. The number of rotatable bonds is 5. The summed E-state index contributed by atoms with van der Waals surface area (Å²) in [5, 5.41) is 3.69. The second-order valence-corrected chi connectivity index (χ2v) is 9.46. The van der Waals surface area contributed by atoms with Gasteiger partial charge in [-0.2, -0.15) is 0 Å². The van der Waals surface area contributed by atoms with E-state index in [9.17, 15) is 14.0 Å². The number of hydrogen-bond acceptors (Lipinski definition) is 6. The van der Waals surface area contributed by atoms with Crippen molar-refractivity contribution in [2.45, 2.75) is 6.42 Å². The molecule has 3 aromatic rings. The molecule has 2 aromatic carbocycles. The fraction of sp³-hybridized carbons (Fsp3) is 0.100. The van der Waals surface area contributed by atoms with Crippen molar-refractivity contribution in [3.63, 3.8) is 0 Å². The number of halogens is 2. The number of fused-ring (bicyclic) bond motifs is 1. The number of carbonyl (C=O) groups is 2. The molecule has 1 fully saturated rings. The number of amides is 2. The third-order valence-corrected chi connectivity index (χ3v) is 6.76. The Morgan fingerprint density at radius 3 is 2.80 bits per heavy atom. The van der Waals surface area contributed by atoms with Gasteiger partial charge < -0.3 is 5.32 Å². The number of thiazole rings is 1. The molecule has 0 atom stereocenters. The summed E-state index contributed by atoms with van der Waals surface area (Å²) in [6.07, 6.45) is 1.81. The Morgan fingerprint density at radius 1 is 1.27 bits per heavy atom. The molecule has 0 aliphatic carbocycles. The molecule has 0 bridgehead atoms. The zero-order valence-corrected chi connectivity index (χ0v) is 18.4. The maximum absolute atomic E-state index is 13.3. The van der Waals surface area contributed by atoms with Crippen molar-refractivity contribution in [2.24, 2.45) is 0 Å². The van der Waals surface area contributed by atoms with Crippen molar-refractivity contribution in [1.82, 2.24) is 9.88 Å². The highest BCUT2D eigenvalue weighted by Crippen LogP contribution is 2.33. The van der Waals surface area contributed by atoms with E-state index in [1.807, 2.05) is 12.1 Å². The van der Waals surface area contributed by atoms with Crippen LogP contribution in [0.3, 0.4) is 0 Å². The Kier molecular flexibility index (Phi) is 6.14. The second-order valence-electron chi connectivity index (χ2n) is 6.31. The Bertz CT molecular complexity index is 1190. The predicted molar refractivity (Wildman–Crippen MR) is 124 cm³/mol. The first-order chi connectivity index (χ1) is 14.4. The van der Waals surface area contributed by atoms with Crippen LogP contribution in [0.4, 0.5) is 9.52 Å². The average molecular weight is 478 g/mol. The third-order valence-electron chi connectivity index (χ3n) is 4.20. The highest BCUT2D eigenvalue weighted by molar-refractivity contribution is 8.26. The Morgan fingerprint density at radius 2 is 2.03 bits per heavy atom. The van der Waals surface area contributed by atoms with Crippen LogP contribution < -0.4 is 5.32 Å². The molecule has 0 unspecified atom stereocenters. The van der Waals surface area contributed by atoms with Crippen molar-refractivity contribution in [3.05, 3.63) is 63.8 Å². The van der Waals surface area contributed by atoms with Crippen LogP contribution in [-0.4, -0.2) is 32.6 Å². The summed E-state index contributed by atoms with van der Waals surface area (Å²) in [4.78, 5) is 31.1. The van der Waals surface area contributed by atoms with Crippen LogP contribution >= 0.6 is 46.9 Å². The number of anilines is 1. The fourth-order valence-corrected chi connectivity index (χ4v) is 5.09. The van der Waals surface area contributed by atoms with Gasteiger partial charge in [-0.05, 0) is 42.0 Å². The minimum Gasteiger partial charge on any atom is -0.302 e. The monoisotopic (exact) mass is 477 g/mol. The van der Waals surface area contributed by atoms with Gasteiger partial charge in [0, 0.05) is 18.0 Å². The van der Waals surface area contributed by atoms with E-state index in [1.54, 1.807) is 24.3 Å². The molecule has 1 aromatic heterocycles. The minimum atomic E-state index is -0.356. The third kappa shape index (κ3) is 4.70. The first-order valence-electron chi connectivity index (χ1n) is 8.76. The van der Waals surface area contributed by atoms with Crippen LogP contribution in [0.5, 0.6) is 0 Å². The van der Waals surface area contributed by atoms with Crippen molar-refractivity contribution < 1.29 is 14.0 Å². The Hall–Kier alpha value is -2.33. The lowest BCUT2D eigenvalue weighted by atomic mass is 10.2. The summed E-state index contributed by atoms with van der Waals surface area (Å²) in [6.45, 7) is 0.161. The molecule has 30 heavy (non-hydrogen) atoms. The van der Waals surface area contributed by atoms with E-state index in [0.29, 0.717) is 29.6 Å². The molecule has 5 nitrogen and oxygen atoms in total. The van der Waals surface area contributed by atoms with E-state index in [2.05, 4.69) is 10.3 Å². The number of aromatic nitrogens is 1. The van der Waals surface area contributed by atoms with Gasteiger partial charge >= 0.3 is 0 Å². The van der Waals surface area contributed by atoms with E-state index in [1.165, 1.54) is 40.1 Å². The highest BCUT2D eigenvalue weighted by Gasteiger charge is 2.32. The number of thioether (sulfide) groups is 1. The van der Waals surface area contributed by atoms with E-state index in [4.69, 9.17) is 23.8 Å². The zero-order valence-electron chi connectivity index (χ0n) is 15.2. The lowest BCUT2D eigenvalue weighted by molar-refractivity contribution is -0.122. The predicted octanol–water partition coefficient (Wildman–Crippen LogP) is 5.32. The van der Waals surface area contributed by atoms with Crippen LogP contribution in [0.1, 0.15) is 12.0 Å². The van der Waals surface area contributed by atoms with Gasteiger partial charge in [0.1, 0.15) is 10.1 Å². The molecule has 1 saturated heterocycles. The summed E-state index contributed by atoms with van der Waals surface area (Å²) in [6, 6.07) is 11.4. The van der Waals surface area contributed by atoms with Gasteiger partial charge in [0.05, 0.1) is 15.1 Å². The smallest absolute Gasteiger partial charge is 0.266 e. The van der Waals surface area contributed by atoms with Crippen LogP contribution in [0.25, 0.3) is 16.3 Å². The standard InChI is InChI=1S/C20H13ClFN3O2S3/c21-12-3-1-11(2-4-12)9-16-18(27)25(20(28)30-16)8-7-17(26)24-19-23-14-6-5-13(22)10-15(14)29-19/h1-6,9-10H,7-8H2,(H,23,24,26)/b16-9-. The maximum Gasteiger partial charge on any atom is 0.266 e. The molecule has 0 radical (unpaired) electrons. The lowest BCUT2D eigenvalue weighted by Gasteiger charge is -2.13. The molecule has 1 aliphatic heterocycles. The summed E-state index contributed by atoms with van der Waals surface area (Å²) in [7, 11) is 0. The van der Waals surface area contributed by atoms with E-state index in [-0.39, 0.29) is 30.6 Å². The summed E-state index contributed by atoms with van der Waals surface area (Å²) >= 11 is 13.6. The van der Waals surface area contributed by atoms with Crippen molar-refractivity contribution >= 4 is 84.5 Å². The summed E-state index contributed by atoms with van der Waals surface area (Å²) < 4.78 is 14.3. The quantitative estimate of drug-likeness (QED) is 0.398. The SMILES string of the molecule is O=C(CCN1C(=O)/C(=C/c2ccc(Cl)cc2)SC1=S)Nc1nc2ccc(F)cc2s1. The van der Waals surface area contributed by atoms with Crippen molar-refractivity contribution in [2.75, 3.05) is 11.9 Å². The normalized spacial score (nSPS) is 15.4. The van der Waals surface area contributed by atoms with Gasteiger partial charge in [0.25, 0.3) is 5.91 Å². The number of hydrogen-bond donors (Lipinski definition) is 1. The minimum absolute atomic E-state index is 0.0605. The van der Waals surface area contributed by atoms with Crippen LogP contribution in [0, 0.1) is 5.82 Å². The molecular formula is C20H13ClFN3O2S3. The largest absolute Gasteiger partial charge is 0.302 e. The van der Waals surface area contributed by atoms with E-state index < -0.39 is 0 Å². The van der Waals surface area contributed by atoms with Gasteiger partial charge in [0.2, 0.25) is 5.91 Å². The Balaban J connectivity index is 1.37. The maximum atomic E-state index is 13.3. The van der Waals surface area contributed by atoms with Gasteiger partial charge in [0.15, 0.2) is 5.13 Å². The molecule has 0 spiro atoms. The molecule has 10 heteroatoms. The van der Waals surface area contributed by atoms with Crippen LogP contribution in [0.2, 0.25) is 5.02 Å². The van der Waals surface area contributed by atoms with E-state index >= 15 is 0 Å². The summed E-state index contributed by atoms with van der Waals surface area (Å²) in [5.41, 5.74) is 1.45. The second kappa shape index (κ2) is 8.81. The van der Waals surface area contributed by atoms with Crippen molar-refractivity contribution in [1.29, 1.82) is 0 Å². The molecular weight excluding hydrogens is 465 g/mol. The molecule has 4 rings (SSSR count). The number of benzene rings is 2. The van der Waals surface area contributed by atoms with Gasteiger partial charge in [-0.3, -0.25) is 14.5 Å². The van der Waals surface area contributed by atoms with Gasteiger partial charge in [-0.15, -0.1) is 0 Å². The molecule has 2 heterocycles. The first kappa shape index (κ1) is 20.9. The van der Waals surface area contributed by atoms with Crippen LogP contribution in [-0.2, 0) is 9.59 Å². The summed E-state index contributed by atoms with van der Waals surface area (Å²) in [5.74, 6) is -0.890.